The van der Waals surface area contributed by atoms with E-state index in [9.17, 15) is 9.82 Å². The molecule has 7 heteroatoms. The molecule has 21 heavy (non-hydrogen) atoms. The Morgan fingerprint density at radius 1 is 1.62 bits per heavy atom. The van der Waals surface area contributed by atoms with Crippen molar-refractivity contribution in [2.45, 2.75) is 26.6 Å². The van der Waals surface area contributed by atoms with Crippen molar-refractivity contribution in [3.8, 4) is 11.8 Å². The summed E-state index contributed by atoms with van der Waals surface area (Å²) in [5, 5.41) is 9.49. The lowest BCUT2D eigenvalue weighted by molar-refractivity contribution is 0.0519. The summed E-state index contributed by atoms with van der Waals surface area (Å²) >= 11 is 0. The fourth-order valence-electron chi connectivity index (χ4n) is 2.21. The molecule has 1 aliphatic heterocycles. The van der Waals surface area contributed by atoms with Gasteiger partial charge in [-0.1, -0.05) is 5.92 Å². The van der Waals surface area contributed by atoms with Crippen molar-refractivity contribution in [2.75, 3.05) is 19.7 Å². The summed E-state index contributed by atoms with van der Waals surface area (Å²) in [5.41, 5.74) is 0.144. The van der Waals surface area contributed by atoms with Crippen LogP contribution in [0.4, 0.5) is 0 Å². The largest absolute Gasteiger partial charge is 0.461 e. The van der Waals surface area contributed by atoms with Crippen LogP contribution in [0, 0.1) is 17.8 Å². The van der Waals surface area contributed by atoms with Crippen LogP contribution in [0.25, 0.3) is 0 Å². The molecule has 0 atom stereocenters. The molecule has 0 aromatic carbocycles. The number of hydrogen-bond acceptors (Lipinski definition) is 6. The number of hydrogen-bond donors (Lipinski definition) is 1. The summed E-state index contributed by atoms with van der Waals surface area (Å²) in [4.78, 5) is 17.4. The molecule has 0 aliphatic carbocycles. The molecule has 1 fully saturated rings. The Morgan fingerprint density at radius 3 is 2.95 bits per heavy atom. The summed E-state index contributed by atoms with van der Waals surface area (Å²) in [6.45, 7) is 5.47. The van der Waals surface area contributed by atoms with Gasteiger partial charge in [-0.3, -0.25) is 0 Å². The van der Waals surface area contributed by atoms with Gasteiger partial charge in [0.05, 0.1) is 6.61 Å². The highest BCUT2D eigenvalue weighted by molar-refractivity contribution is 6.45. The maximum absolute atomic E-state index is 11.4. The molecule has 0 amide bonds. The lowest BCUT2D eigenvalue weighted by atomic mass is 9.81. The number of carbonyl (C=O) groups excluding carboxylic acids is 1. The third-order valence-electron chi connectivity index (χ3n) is 3.43. The Morgan fingerprint density at radius 2 is 2.33 bits per heavy atom. The molecule has 1 aromatic heterocycles. The zero-order chi connectivity index (χ0) is 15.2. The Hall–Kier alpha value is -1.78. The second-order valence-electron chi connectivity index (χ2n) is 4.97. The van der Waals surface area contributed by atoms with E-state index in [1.807, 2.05) is 4.81 Å². The van der Waals surface area contributed by atoms with Crippen LogP contribution < -0.4 is 0 Å². The van der Waals surface area contributed by atoms with Crippen LogP contribution in [0.15, 0.2) is 10.7 Å². The van der Waals surface area contributed by atoms with Gasteiger partial charge in [-0.25, -0.2) is 4.79 Å². The van der Waals surface area contributed by atoms with Crippen LogP contribution in [0.1, 0.15) is 36.1 Å². The summed E-state index contributed by atoms with van der Waals surface area (Å²) < 4.78 is 9.98. The van der Waals surface area contributed by atoms with E-state index in [0.29, 0.717) is 6.61 Å². The van der Waals surface area contributed by atoms with E-state index in [2.05, 4.69) is 16.8 Å². The molecule has 1 aliphatic rings. The van der Waals surface area contributed by atoms with Gasteiger partial charge in [0.1, 0.15) is 6.26 Å². The Labute approximate surface area is 124 Å². The quantitative estimate of drug-likeness (QED) is 0.509. The van der Waals surface area contributed by atoms with Crippen molar-refractivity contribution in [1.29, 1.82) is 0 Å². The van der Waals surface area contributed by atoms with E-state index in [0.717, 1.165) is 25.9 Å². The zero-order valence-corrected chi connectivity index (χ0v) is 12.3. The second kappa shape index (κ2) is 7.30. The minimum Gasteiger partial charge on any atom is -0.461 e. The van der Waals surface area contributed by atoms with Gasteiger partial charge < -0.3 is 19.0 Å². The third kappa shape index (κ3) is 4.35. The van der Waals surface area contributed by atoms with Gasteiger partial charge in [0, 0.05) is 5.92 Å². The van der Waals surface area contributed by atoms with Crippen molar-refractivity contribution in [1.82, 2.24) is 9.79 Å². The van der Waals surface area contributed by atoms with Gasteiger partial charge in [-0.15, -0.1) is 0 Å². The van der Waals surface area contributed by atoms with Gasteiger partial charge >= 0.3 is 13.0 Å². The molecule has 1 saturated heterocycles. The zero-order valence-electron chi connectivity index (χ0n) is 12.3. The van der Waals surface area contributed by atoms with Gasteiger partial charge in [-0.2, -0.15) is 4.98 Å². The number of esters is 1. The number of rotatable bonds is 3. The van der Waals surface area contributed by atoms with Crippen molar-refractivity contribution >= 4 is 13.0 Å². The van der Waals surface area contributed by atoms with Crippen molar-refractivity contribution < 1.29 is 19.0 Å². The molecule has 0 unspecified atom stereocenters. The van der Waals surface area contributed by atoms with Crippen molar-refractivity contribution in [3.05, 3.63) is 17.8 Å². The monoisotopic (exact) mass is 290 g/mol. The number of piperidine rings is 1. The second-order valence-corrected chi connectivity index (χ2v) is 4.97. The van der Waals surface area contributed by atoms with Gasteiger partial charge in [0.25, 0.3) is 5.89 Å². The first-order chi connectivity index (χ1) is 10.1. The SMILES string of the molecule is CCOC(=O)c1coc(C#CC2CCN(B(C)O)CC2)n1. The molecule has 0 spiro atoms. The summed E-state index contributed by atoms with van der Waals surface area (Å²) in [7, 11) is -0.405. The number of oxazole rings is 1. The maximum atomic E-state index is 11.4. The number of nitrogens with zero attached hydrogens (tertiary/aromatic N) is 2. The molecule has 0 radical (unpaired) electrons. The standard InChI is InChI=1S/C14H19BN2O4/c1-3-20-14(18)12-10-21-13(16-12)5-4-11-6-8-17(9-7-11)15(2)19/h10-11,19H,3,6-9H2,1-2H3. The van der Waals surface area contributed by atoms with Crippen LogP contribution in [0.3, 0.4) is 0 Å². The topological polar surface area (TPSA) is 75.8 Å². The third-order valence-corrected chi connectivity index (χ3v) is 3.43. The van der Waals surface area contributed by atoms with Crippen LogP contribution >= 0.6 is 0 Å². The number of ether oxygens (including phenoxy) is 1. The van der Waals surface area contributed by atoms with E-state index in [4.69, 9.17) is 9.15 Å². The molecule has 1 N–H and O–H groups in total. The molecular weight excluding hydrogens is 271 g/mol. The molecule has 2 heterocycles. The summed E-state index contributed by atoms with van der Waals surface area (Å²) in [5.74, 6) is 5.97. The highest BCUT2D eigenvalue weighted by atomic mass is 16.5. The minimum atomic E-state index is -0.500. The van der Waals surface area contributed by atoms with Crippen LogP contribution in [0.5, 0.6) is 0 Å². The van der Waals surface area contributed by atoms with E-state index in [1.54, 1.807) is 13.7 Å². The predicted octanol–water partition coefficient (Wildman–Crippen LogP) is 1.03. The molecular formula is C14H19BN2O4. The fraction of sp³-hybridized carbons (Fsp3) is 0.571. The lowest BCUT2D eigenvalue weighted by Crippen LogP contribution is -2.42. The first-order valence-electron chi connectivity index (χ1n) is 7.16. The first kappa shape index (κ1) is 15.6. The molecule has 112 valence electrons. The van der Waals surface area contributed by atoms with Crippen LogP contribution in [-0.4, -0.2) is 47.5 Å². The maximum Gasteiger partial charge on any atom is 0.376 e. The Bertz CT molecular complexity index is 539. The van der Waals surface area contributed by atoms with Crippen molar-refractivity contribution in [3.63, 3.8) is 0 Å². The normalized spacial score (nSPS) is 16.1. The molecule has 0 bridgehead atoms. The van der Waals surface area contributed by atoms with Gasteiger partial charge in [0.2, 0.25) is 0 Å². The summed E-state index contributed by atoms with van der Waals surface area (Å²) in [6.07, 6.45) is 3.07. The van der Waals surface area contributed by atoms with E-state index in [-0.39, 0.29) is 17.5 Å². The first-order valence-corrected chi connectivity index (χ1v) is 7.16. The highest BCUT2D eigenvalue weighted by Crippen LogP contribution is 2.16. The van der Waals surface area contributed by atoms with Gasteiger partial charge in [-0.05, 0) is 45.6 Å². The fourth-order valence-corrected chi connectivity index (χ4v) is 2.21. The van der Waals surface area contributed by atoms with Crippen LogP contribution in [-0.2, 0) is 4.74 Å². The van der Waals surface area contributed by atoms with Gasteiger partial charge in [0.15, 0.2) is 5.69 Å². The average Bonchev–Trinajstić information content (AvgIpc) is 2.95. The Balaban J connectivity index is 1.90. The smallest absolute Gasteiger partial charge is 0.376 e. The van der Waals surface area contributed by atoms with E-state index < -0.39 is 13.0 Å². The molecule has 1 aromatic rings. The van der Waals surface area contributed by atoms with E-state index >= 15 is 0 Å². The molecule has 2 rings (SSSR count). The molecule has 0 saturated carbocycles. The van der Waals surface area contributed by atoms with E-state index in [1.165, 1.54) is 6.26 Å². The number of aromatic nitrogens is 1. The van der Waals surface area contributed by atoms with Crippen molar-refractivity contribution in [2.24, 2.45) is 5.92 Å². The summed E-state index contributed by atoms with van der Waals surface area (Å²) in [6, 6.07) is 0. The van der Waals surface area contributed by atoms with Crippen LogP contribution in [0.2, 0.25) is 6.82 Å². The lowest BCUT2D eigenvalue weighted by Gasteiger charge is -2.30. The molecule has 6 nitrogen and oxygen atoms in total. The average molecular weight is 290 g/mol. The minimum absolute atomic E-state index is 0.144. The number of carbonyl (C=O) groups is 1. The highest BCUT2D eigenvalue weighted by Gasteiger charge is 2.22. The predicted molar refractivity (Wildman–Crippen MR) is 77.5 cm³/mol. The Kier molecular flexibility index (Phi) is 5.42.